The lowest BCUT2D eigenvalue weighted by Crippen LogP contribution is -2.45. The fourth-order valence-electron chi connectivity index (χ4n) is 3.16. The van der Waals surface area contributed by atoms with Crippen molar-refractivity contribution in [1.29, 1.82) is 0 Å². The maximum Gasteiger partial charge on any atom is 0.224 e. The van der Waals surface area contributed by atoms with Crippen LogP contribution in [0.4, 0.5) is 11.4 Å². The molecule has 1 amide bonds. The molecule has 0 aliphatic carbocycles. The molecule has 0 radical (unpaired) electrons. The van der Waals surface area contributed by atoms with Gasteiger partial charge in [-0.3, -0.25) is 4.79 Å². The Hall–Kier alpha value is -1.64. The Morgan fingerprint density at radius 3 is 2.32 bits per heavy atom. The normalized spacial score (nSPS) is 20.4. The Morgan fingerprint density at radius 2 is 1.75 bits per heavy atom. The Kier molecular flexibility index (Phi) is 8.27. The molecule has 7 nitrogen and oxygen atoms in total. The molecule has 1 aromatic carbocycles. The second-order valence-electron chi connectivity index (χ2n) is 7.70. The fourth-order valence-corrected chi connectivity index (χ4v) is 3.92. The van der Waals surface area contributed by atoms with Gasteiger partial charge in [-0.05, 0) is 64.8 Å². The number of carbonyl (C=O) groups excluding carboxylic acids is 1. The van der Waals surface area contributed by atoms with Crippen LogP contribution in [0.15, 0.2) is 24.3 Å². The molecule has 0 bridgehead atoms. The van der Waals surface area contributed by atoms with Crippen LogP contribution in [0.5, 0.6) is 0 Å². The van der Waals surface area contributed by atoms with E-state index in [2.05, 4.69) is 28.8 Å². The number of nitrogens with zero attached hydrogens (tertiary/aromatic N) is 1. The van der Waals surface area contributed by atoms with E-state index in [1.807, 2.05) is 24.3 Å². The molecule has 158 valence electrons. The van der Waals surface area contributed by atoms with Gasteiger partial charge in [0.05, 0.1) is 17.5 Å². The first-order valence-electron chi connectivity index (χ1n) is 9.96. The van der Waals surface area contributed by atoms with Crippen LogP contribution >= 0.6 is 0 Å². The number of nitrogens with one attached hydrogen (secondary N) is 2. The second kappa shape index (κ2) is 10.2. The Balaban J connectivity index is 1.72. The number of hydrogen-bond donors (Lipinski definition) is 2. The number of carbonyl (C=O) groups is 1. The van der Waals surface area contributed by atoms with E-state index < -0.39 is 15.3 Å². The van der Waals surface area contributed by atoms with Gasteiger partial charge in [-0.1, -0.05) is 0 Å². The lowest BCUT2D eigenvalue weighted by molar-refractivity contribution is -0.116. The van der Waals surface area contributed by atoms with Crippen LogP contribution in [0.3, 0.4) is 0 Å². The van der Waals surface area contributed by atoms with Crippen molar-refractivity contribution in [2.75, 3.05) is 29.9 Å². The van der Waals surface area contributed by atoms with E-state index in [4.69, 9.17) is 4.74 Å². The summed E-state index contributed by atoms with van der Waals surface area (Å²) in [5.41, 5.74) is 1.89. The van der Waals surface area contributed by atoms with Crippen LogP contribution in [0.2, 0.25) is 0 Å². The smallest absolute Gasteiger partial charge is 0.224 e. The average molecular weight is 412 g/mol. The third-order valence-electron chi connectivity index (χ3n) is 4.69. The number of unbranched alkanes of at least 4 members (excludes halogenated alkanes) is 1. The molecule has 1 fully saturated rings. The SMILES string of the molecule is CC(C)S(=O)(=O)NCCCCC(=O)Nc1ccc(N2C[C@@H](C)O[C@H](C)C2)cc1. The first-order valence-corrected chi connectivity index (χ1v) is 11.5. The molecule has 0 unspecified atom stereocenters. The first kappa shape index (κ1) is 22.6. The van der Waals surface area contributed by atoms with E-state index in [0.717, 1.165) is 24.5 Å². The van der Waals surface area contributed by atoms with E-state index >= 15 is 0 Å². The van der Waals surface area contributed by atoms with Crippen LogP contribution in [0, 0.1) is 0 Å². The summed E-state index contributed by atoms with van der Waals surface area (Å²) in [5.74, 6) is -0.0620. The number of rotatable bonds is 9. The zero-order valence-electron chi connectivity index (χ0n) is 17.3. The van der Waals surface area contributed by atoms with Crippen LogP contribution < -0.4 is 14.9 Å². The zero-order valence-corrected chi connectivity index (χ0v) is 18.1. The standard InChI is InChI=1S/C20H33N3O4S/c1-15(2)28(25,26)21-12-6-5-7-20(24)22-18-8-10-19(11-9-18)23-13-16(3)27-17(4)14-23/h8-11,15-17,21H,5-7,12-14H2,1-4H3,(H,22,24)/t16-,17-/m1/s1. The van der Waals surface area contributed by atoms with E-state index in [0.29, 0.717) is 25.8 Å². The van der Waals surface area contributed by atoms with E-state index in [1.165, 1.54) is 0 Å². The molecule has 0 aromatic heterocycles. The molecule has 2 atom stereocenters. The minimum absolute atomic E-state index is 0.0620. The maximum absolute atomic E-state index is 12.1. The number of sulfonamides is 1. The molecule has 8 heteroatoms. The van der Waals surface area contributed by atoms with E-state index in [-0.39, 0.29) is 18.1 Å². The minimum Gasteiger partial charge on any atom is -0.372 e. The topological polar surface area (TPSA) is 87.7 Å². The molecular weight excluding hydrogens is 378 g/mol. The van der Waals surface area contributed by atoms with Gasteiger partial charge in [0, 0.05) is 37.4 Å². The predicted molar refractivity (Wildman–Crippen MR) is 113 cm³/mol. The summed E-state index contributed by atoms with van der Waals surface area (Å²) in [5, 5.41) is 2.45. The molecule has 2 rings (SSSR count). The highest BCUT2D eigenvalue weighted by Gasteiger charge is 2.22. The molecule has 28 heavy (non-hydrogen) atoms. The van der Waals surface area contributed by atoms with Gasteiger partial charge in [-0.2, -0.15) is 0 Å². The van der Waals surface area contributed by atoms with Gasteiger partial charge >= 0.3 is 0 Å². The zero-order chi connectivity index (χ0) is 20.7. The molecule has 1 saturated heterocycles. The Morgan fingerprint density at radius 1 is 1.14 bits per heavy atom. The van der Waals surface area contributed by atoms with Crippen LogP contribution in [0.1, 0.15) is 47.0 Å². The van der Waals surface area contributed by atoms with Crippen molar-refractivity contribution >= 4 is 27.3 Å². The van der Waals surface area contributed by atoms with Crippen molar-refractivity contribution in [1.82, 2.24) is 4.72 Å². The number of hydrogen-bond acceptors (Lipinski definition) is 5. The summed E-state index contributed by atoms with van der Waals surface area (Å²) in [4.78, 5) is 14.4. The van der Waals surface area contributed by atoms with Gasteiger partial charge in [0.2, 0.25) is 15.9 Å². The third kappa shape index (κ3) is 7.07. The van der Waals surface area contributed by atoms with Crippen molar-refractivity contribution in [2.24, 2.45) is 0 Å². The largest absolute Gasteiger partial charge is 0.372 e. The lowest BCUT2D eigenvalue weighted by atomic mass is 10.2. The molecule has 1 aromatic rings. The molecule has 1 aliphatic heterocycles. The highest BCUT2D eigenvalue weighted by molar-refractivity contribution is 7.90. The first-order chi connectivity index (χ1) is 13.2. The summed E-state index contributed by atoms with van der Waals surface area (Å²) < 4.78 is 31.6. The van der Waals surface area contributed by atoms with Crippen molar-refractivity contribution in [2.45, 2.75) is 64.4 Å². The Bertz CT molecular complexity index is 724. The fraction of sp³-hybridized carbons (Fsp3) is 0.650. The van der Waals surface area contributed by atoms with Crippen LogP contribution in [-0.4, -0.2) is 51.4 Å². The van der Waals surface area contributed by atoms with Gasteiger partial charge in [-0.25, -0.2) is 13.1 Å². The number of amides is 1. The summed E-state index contributed by atoms with van der Waals surface area (Å²) in [7, 11) is -3.23. The van der Waals surface area contributed by atoms with Gasteiger partial charge in [0.15, 0.2) is 0 Å². The van der Waals surface area contributed by atoms with E-state index in [9.17, 15) is 13.2 Å². The van der Waals surface area contributed by atoms with Crippen molar-refractivity contribution in [3.8, 4) is 0 Å². The molecule has 1 aliphatic rings. The number of ether oxygens (including phenoxy) is 1. The highest BCUT2D eigenvalue weighted by atomic mass is 32.2. The average Bonchev–Trinajstić information content (AvgIpc) is 2.61. The number of benzene rings is 1. The molecule has 0 saturated carbocycles. The van der Waals surface area contributed by atoms with Crippen molar-refractivity contribution < 1.29 is 17.9 Å². The number of anilines is 2. The summed E-state index contributed by atoms with van der Waals surface area (Å²) in [6.45, 7) is 9.50. The maximum atomic E-state index is 12.1. The quantitative estimate of drug-likeness (QED) is 0.610. The molecule has 1 heterocycles. The van der Waals surface area contributed by atoms with Gasteiger partial charge in [-0.15, -0.1) is 0 Å². The second-order valence-corrected chi connectivity index (χ2v) is 10.0. The third-order valence-corrected chi connectivity index (χ3v) is 6.54. The van der Waals surface area contributed by atoms with Crippen molar-refractivity contribution in [3.63, 3.8) is 0 Å². The molecular formula is C20H33N3O4S. The van der Waals surface area contributed by atoms with Gasteiger partial charge < -0.3 is 15.0 Å². The monoisotopic (exact) mass is 411 g/mol. The minimum atomic E-state index is -3.23. The molecule has 2 N–H and O–H groups in total. The van der Waals surface area contributed by atoms with Crippen molar-refractivity contribution in [3.05, 3.63) is 24.3 Å². The lowest BCUT2D eigenvalue weighted by Gasteiger charge is -2.36. The predicted octanol–water partition coefficient (Wildman–Crippen LogP) is 2.74. The van der Waals surface area contributed by atoms with Gasteiger partial charge in [0.1, 0.15) is 0 Å². The highest BCUT2D eigenvalue weighted by Crippen LogP contribution is 2.22. The van der Waals surface area contributed by atoms with Crippen LogP contribution in [0.25, 0.3) is 0 Å². The van der Waals surface area contributed by atoms with Gasteiger partial charge in [0.25, 0.3) is 0 Å². The van der Waals surface area contributed by atoms with Crippen LogP contribution in [-0.2, 0) is 19.6 Å². The summed E-state index contributed by atoms with van der Waals surface area (Å²) >= 11 is 0. The Labute approximate surface area is 168 Å². The molecule has 0 spiro atoms. The van der Waals surface area contributed by atoms with E-state index in [1.54, 1.807) is 13.8 Å². The summed E-state index contributed by atoms with van der Waals surface area (Å²) in [6, 6.07) is 7.85. The summed E-state index contributed by atoms with van der Waals surface area (Å²) in [6.07, 6.45) is 2.03. The number of morpholine rings is 1.